The fourth-order valence-electron chi connectivity index (χ4n) is 2.99. The first-order valence-electron chi connectivity index (χ1n) is 7.48. The van der Waals surface area contributed by atoms with E-state index in [4.69, 9.17) is 11.6 Å². The van der Waals surface area contributed by atoms with Gasteiger partial charge in [0, 0.05) is 5.69 Å². The van der Waals surface area contributed by atoms with E-state index < -0.39 is 17.7 Å². The van der Waals surface area contributed by atoms with Gasteiger partial charge in [-0.05, 0) is 43.9 Å². The van der Waals surface area contributed by atoms with Gasteiger partial charge < -0.3 is 10.1 Å². The van der Waals surface area contributed by atoms with E-state index in [1.54, 1.807) is 0 Å². The van der Waals surface area contributed by atoms with Crippen LogP contribution < -0.4 is 10.1 Å². The summed E-state index contributed by atoms with van der Waals surface area (Å²) in [5.74, 6) is -0.257. The number of hydrogen-bond donors (Lipinski definition) is 1. The molecule has 126 valence electrons. The van der Waals surface area contributed by atoms with E-state index in [-0.39, 0.29) is 10.9 Å². The average Bonchev–Trinajstić information content (AvgIpc) is 2.50. The van der Waals surface area contributed by atoms with Crippen LogP contribution in [0.1, 0.15) is 39.0 Å². The van der Waals surface area contributed by atoms with E-state index in [1.807, 2.05) is 6.92 Å². The average molecular weight is 347 g/mol. The zero-order valence-electron chi connectivity index (χ0n) is 12.7. The number of nitrogens with one attached hydrogen (secondary N) is 1. The Hall–Kier alpha value is -1.61. The molecule has 0 aliphatic heterocycles. The van der Waals surface area contributed by atoms with Crippen molar-refractivity contribution in [3.8, 4) is 11.8 Å². The Kier molecular flexibility index (Phi) is 5.30. The first-order valence-corrected chi connectivity index (χ1v) is 7.86. The summed E-state index contributed by atoms with van der Waals surface area (Å²) in [6.45, 7) is 1.82. The standard InChI is InChI=1S/C16H18ClF3N2O/c1-15(10-21,11-5-3-2-4-6-11)22-12-7-8-14(13(17)9-12)23-16(18,19)20/h7-9,11,22H,2-6H2,1H3. The van der Waals surface area contributed by atoms with E-state index in [2.05, 4.69) is 16.1 Å². The second-order valence-corrected chi connectivity index (χ2v) is 6.37. The number of anilines is 1. The lowest BCUT2D eigenvalue weighted by molar-refractivity contribution is -0.274. The van der Waals surface area contributed by atoms with Crippen molar-refractivity contribution in [3.63, 3.8) is 0 Å². The number of halogens is 4. The fraction of sp³-hybridized carbons (Fsp3) is 0.562. The molecule has 1 atom stereocenters. The molecule has 23 heavy (non-hydrogen) atoms. The van der Waals surface area contributed by atoms with Gasteiger partial charge in [-0.25, -0.2) is 0 Å². The number of ether oxygens (including phenoxy) is 1. The normalized spacial score (nSPS) is 18.8. The molecule has 0 aromatic heterocycles. The zero-order chi connectivity index (χ0) is 17.1. The maximum Gasteiger partial charge on any atom is 0.573 e. The van der Waals surface area contributed by atoms with Crippen LogP contribution in [-0.4, -0.2) is 11.9 Å². The Morgan fingerprint density at radius 1 is 1.26 bits per heavy atom. The Bertz CT molecular complexity index is 594. The van der Waals surface area contributed by atoms with Crippen LogP contribution in [0.4, 0.5) is 18.9 Å². The van der Waals surface area contributed by atoms with Crippen LogP contribution in [0.3, 0.4) is 0 Å². The maximum atomic E-state index is 12.3. The van der Waals surface area contributed by atoms with Crippen LogP contribution in [-0.2, 0) is 0 Å². The van der Waals surface area contributed by atoms with Gasteiger partial charge in [0.05, 0.1) is 11.1 Å². The number of nitrogens with zero attached hydrogens (tertiary/aromatic N) is 1. The van der Waals surface area contributed by atoms with Gasteiger partial charge in [0.1, 0.15) is 11.3 Å². The molecule has 0 bridgehead atoms. The Morgan fingerprint density at radius 2 is 1.91 bits per heavy atom. The van der Waals surface area contributed by atoms with E-state index in [1.165, 1.54) is 18.6 Å². The Balaban J connectivity index is 2.15. The van der Waals surface area contributed by atoms with Gasteiger partial charge in [0.15, 0.2) is 0 Å². The minimum atomic E-state index is -4.79. The van der Waals surface area contributed by atoms with Crippen LogP contribution in [0.5, 0.6) is 5.75 Å². The summed E-state index contributed by atoms with van der Waals surface area (Å²) in [7, 11) is 0. The number of benzene rings is 1. The fourth-order valence-corrected chi connectivity index (χ4v) is 3.21. The molecule has 0 heterocycles. The van der Waals surface area contributed by atoms with Crippen molar-refractivity contribution in [2.75, 3.05) is 5.32 Å². The van der Waals surface area contributed by atoms with E-state index in [0.29, 0.717) is 5.69 Å². The molecule has 1 aromatic rings. The second kappa shape index (κ2) is 6.88. The highest BCUT2D eigenvalue weighted by atomic mass is 35.5. The third kappa shape index (κ3) is 4.68. The van der Waals surface area contributed by atoms with Gasteiger partial charge in [0.25, 0.3) is 0 Å². The van der Waals surface area contributed by atoms with Crippen molar-refractivity contribution in [1.82, 2.24) is 0 Å². The molecule has 0 radical (unpaired) electrons. The van der Waals surface area contributed by atoms with Crippen molar-refractivity contribution in [1.29, 1.82) is 5.26 Å². The molecule has 1 N–H and O–H groups in total. The highest BCUT2D eigenvalue weighted by molar-refractivity contribution is 6.32. The minimum Gasteiger partial charge on any atom is -0.404 e. The molecule has 1 saturated carbocycles. The molecule has 1 aromatic carbocycles. The molecule has 1 unspecified atom stereocenters. The number of nitriles is 1. The van der Waals surface area contributed by atoms with Crippen LogP contribution in [0.2, 0.25) is 5.02 Å². The minimum absolute atomic E-state index is 0.156. The first-order chi connectivity index (χ1) is 10.7. The summed E-state index contributed by atoms with van der Waals surface area (Å²) in [5, 5.41) is 12.5. The van der Waals surface area contributed by atoms with E-state index in [0.717, 1.165) is 31.7 Å². The molecular weight excluding hydrogens is 329 g/mol. The summed E-state index contributed by atoms with van der Waals surface area (Å²) >= 11 is 5.85. The summed E-state index contributed by atoms with van der Waals surface area (Å²) in [6.07, 6.45) is 0.473. The highest BCUT2D eigenvalue weighted by Crippen LogP contribution is 2.37. The molecule has 3 nitrogen and oxygen atoms in total. The first kappa shape index (κ1) is 17.7. The van der Waals surface area contributed by atoms with Crippen molar-refractivity contribution in [2.45, 2.75) is 50.9 Å². The van der Waals surface area contributed by atoms with Crippen molar-refractivity contribution in [3.05, 3.63) is 23.2 Å². The lowest BCUT2D eigenvalue weighted by Crippen LogP contribution is -2.42. The molecule has 0 saturated heterocycles. The molecular formula is C16H18ClF3N2O. The lowest BCUT2D eigenvalue weighted by atomic mass is 9.76. The second-order valence-electron chi connectivity index (χ2n) is 5.97. The van der Waals surface area contributed by atoms with E-state index >= 15 is 0 Å². The molecule has 7 heteroatoms. The molecule has 2 rings (SSSR count). The molecule has 1 aliphatic rings. The largest absolute Gasteiger partial charge is 0.573 e. The summed E-state index contributed by atoms with van der Waals surface area (Å²) < 4.78 is 40.6. The van der Waals surface area contributed by atoms with Gasteiger partial charge in [-0.3, -0.25) is 0 Å². The van der Waals surface area contributed by atoms with Crippen LogP contribution >= 0.6 is 11.6 Å². The highest BCUT2D eigenvalue weighted by Gasteiger charge is 2.35. The smallest absolute Gasteiger partial charge is 0.404 e. The zero-order valence-corrected chi connectivity index (χ0v) is 13.5. The maximum absolute atomic E-state index is 12.3. The Labute approximate surface area is 138 Å². The van der Waals surface area contributed by atoms with Crippen molar-refractivity contribution in [2.24, 2.45) is 5.92 Å². The predicted molar refractivity (Wildman–Crippen MR) is 82.4 cm³/mol. The third-order valence-electron chi connectivity index (χ3n) is 4.22. The Morgan fingerprint density at radius 3 is 2.43 bits per heavy atom. The summed E-state index contributed by atoms with van der Waals surface area (Å²) in [6, 6.07) is 6.24. The summed E-state index contributed by atoms with van der Waals surface area (Å²) in [4.78, 5) is 0. The topological polar surface area (TPSA) is 45.0 Å². The summed E-state index contributed by atoms with van der Waals surface area (Å²) in [5.41, 5.74) is -0.282. The predicted octanol–water partition coefficient (Wildman–Crippen LogP) is 5.51. The molecule has 0 spiro atoms. The SMILES string of the molecule is CC(C#N)(Nc1ccc(OC(F)(F)F)c(Cl)c1)C1CCCCC1. The molecule has 1 fully saturated rings. The van der Waals surface area contributed by atoms with Gasteiger partial charge in [0.2, 0.25) is 0 Å². The van der Waals surface area contributed by atoms with E-state index in [9.17, 15) is 18.4 Å². The lowest BCUT2D eigenvalue weighted by Gasteiger charge is -2.36. The van der Waals surface area contributed by atoms with Crippen molar-refractivity contribution < 1.29 is 17.9 Å². The molecule has 1 aliphatic carbocycles. The number of hydrogen-bond acceptors (Lipinski definition) is 3. The van der Waals surface area contributed by atoms with Gasteiger partial charge in [-0.1, -0.05) is 30.9 Å². The van der Waals surface area contributed by atoms with Gasteiger partial charge in [-0.2, -0.15) is 5.26 Å². The molecule has 0 amide bonds. The third-order valence-corrected chi connectivity index (χ3v) is 4.51. The quantitative estimate of drug-likeness (QED) is 0.781. The van der Waals surface area contributed by atoms with Crippen LogP contribution in [0, 0.1) is 17.2 Å². The van der Waals surface area contributed by atoms with Crippen molar-refractivity contribution >= 4 is 17.3 Å². The van der Waals surface area contributed by atoms with Crippen LogP contribution in [0.15, 0.2) is 18.2 Å². The van der Waals surface area contributed by atoms with Gasteiger partial charge >= 0.3 is 6.36 Å². The number of rotatable bonds is 4. The van der Waals surface area contributed by atoms with Crippen LogP contribution in [0.25, 0.3) is 0 Å². The number of alkyl halides is 3. The van der Waals surface area contributed by atoms with Gasteiger partial charge in [-0.15, -0.1) is 13.2 Å². The monoisotopic (exact) mass is 346 g/mol.